The summed E-state index contributed by atoms with van der Waals surface area (Å²) in [5.74, 6) is 0.785. The number of aromatic nitrogens is 3. The van der Waals surface area contributed by atoms with Crippen LogP contribution >= 0.6 is 24.8 Å². The zero-order chi connectivity index (χ0) is 16.1. The van der Waals surface area contributed by atoms with Gasteiger partial charge in [0.1, 0.15) is 0 Å². The van der Waals surface area contributed by atoms with Crippen LogP contribution < -0.4 is 5.32 Å². The third kappa shape index (κ3) is 5.17. The van der Waals surface area contributed by atoms with E-state index < -0.39 is 0 Å². The summed E-state index contributed by atoms with van der Waals surface area (Å²) >= 11 is 0. The lowest BCUT2D eigenvalue weighted by molar-refractivity contribution is 0.0688. The van der Waals surface area contributed by atoms with E-state index in [0.29, 0.717) is 5.56 Å². The highest BCUT2D eigenvalue weighted by atomic mass is 35.5. The van der Waals surface area contributed by atoms with Crippen molar-refractivity contribution >= 4 is 30.7 Å². The molecule has 1 aliphatic heterocycles. The number of H-pyrrole nitrogens is 1. The molecule has 2 aromatic heterocycles. The van der Waals surface area contributed by atoms with E-state index in [9.17, 15) is 4.79 Å². The Hall–Kier alpha value is -1.63. The number of likely N-dealkylation sites (tertiary alicyclic amines) is 1. The van der Waals surface area contributed by atoms with Crippen LogP contribution in [0.5, 0.6) is 0 Å². The van der Waals surface area contributed by atoms with Gasteiger partial charge in [-0.15, -0.1) is 24.8 Å². The lowest BCUT2D eigenvalue weighted by atomic mass is 9.93. The number of nitrogens with one attached hydrogen (secondary N) is 2. The van der Waals surface area contributed by atoms with Crippen molar-refractivity contribution in [2.45, 2.75) is 19.3 Å². The molecule has 0 bridgehead atoms. The van der Waals surface area contributed by atoms with E-state index in [0.717, 1.165) is 49.7 Å². The number of carbonyl (C=O) groups excluding carboxylic acids is 1. The second kappa shape index (κ2) is 10.4. The first kappa shape index (κ1) is 21.4. The zero-order valence-corrected chi connectivity index (χ0v) is 15.9. The minimum absolute atomic E-state index is 0. The fourth-order valence-electron chi connectivity index (χ4n) is 3.13. The van der Waals surface area contributed by atoms with E-state index in [1.807, 2.05) is 24.1 Å². The largest absolute Gasteiger partial charge is 0.339 e. The van der Waals surface area contributed by atoms with Crippen molar-refractivity contribution in [1.29, 1.82) is 0 Å². The highest BCUT2D eigenvalue weighted by Crippen LogP contribution is 2.25. The van der Waals surface area contributed by atoms with Gasteiger partial charge in [-0.1, -0.05) is 0 Å². The van der Waals surface area contributed by atoms with Crippen LogP contribution in [-0.4, -0.2) is 52.7 Å². The molecule has 1 aliphatic rings. The van der Waals surface area contributed by atoms with Crippen LogP contribution in [0.15, 0.2) is 30.7 Å². The average Bonchev–Trinajstić information content (AvgIpc) is 3.10. The van der Waals surface area contributed by atoms with Crippen LogP contribution in [-0.2, 0) is 0 Å². The monoisotopic (exact) mass is 385 g/mol. The van der Waals surface area contributed by atoms with Gasteiger partial charge in [0.25, 0.3) is 5.91 Å². The Kier molecular flexibility index (Phi) is 8.89. The first-order valence-electron chi connectivity index (χ1n) is 8.17. The third-order valence-corrected chi connectivity index (χ3v) is 4.54. The average molecular weight is 386 g/mol. The Bertz CT molecular complexity index is 641. The first-order chi connectivity index (χ1) is 11.3. The summed E-state index contributed by atoms with van der Waals surface area (Å²) in [5, 5.41) is 10.2. The highest BCUT2D eigenvalue weighted by Gasteiger charge is 2.26. The van der Waals surface area contributed by atoms with Crippen molar-refractivity contribution in [2.75, 3.05) is 26.7 Å². The highest BCUT2D eigenvalue weighted by molar-refractivity contribution is 5.99. The molecule has 1 amide bonds. The van der Waals surface area contributed by atoms with Crippen molar-refractivity contribution < 1.29 is 4.79 Å². The summed E-state index contributed by atoms with van der Waals surface area (Å²) in [7, 11) is 1.98. The molecule has 138 valence electrons. The minimum atomic E-state index is 0. The van der Waals surface area contributed by atoms with E-state index >= 15 is 0 Å². The number of hydrogen-bond acceptors (Lipinski definition) is 4. The van der Waals surface area contributed by atoms with E-state index in [-0.39, 0.29) is 30.7 Å². The van der Waals surface area contributed by atoms with Crippen LogP contribution in [0.25, 0.3) is 11.3 Å². The molecule has 8 heteroatoms. The predicted molar refractivity (Wildman–Crippen MR) is 103 cm³/mol. The predicted octanol–water partition coefficient (Wildman–Crippen LogP) is 2.78. The van der Waals surface area contributed by atoms with Gasteiger partial charge in [0.15, 0.2) is 0 Å². The van der Waals surface area contributed by atoms with Crippen LogP contribution in [0.4, 0.5) is 0 Å². The van der Waals surface area contributed by atoms with Crippen LogP contribution in [0.1, 0.15) is 29.6 Å². The molecule has 0 radical (unpaired) electrons. The van der Waals surface area contributed by atoms with Gasteiger partial charge in [-0.05, 0) is 50.9 Å². The number of hydrogen-bond donors (Lipinski definition) is 2. The maximum Gasteiger partial charge on any atom is 0.257 e. The SMILES string of the molecule is CNCCC1CCN(C(=O)c2cn[nH]c2-c2ccncc2)CC1.Cl.Cl. The maximum absolute atomic E-state index is 12.8. The number of aromatic amines is 1. The van der Waals surface area contributed by atoms with Gasteiger partial charge < -0.3 is 10.2 Å². The lowest BCUT2D eigenvalue weighted by Crippen LogP contribution is -2.39. The van der Waals surface area contributed by atoms with Gasteiger partial charge in [-0.3, -0.25) is 14.9 Å². The summed E-state index contributed by atoms with van der Waals surface area (Å²) in [5.41, 5.74) is 2.35. The number of carbonyl (C=O) groups is 1. The smallest absolute Gasteiger partial charge is 0.257 e. The quantitative estimate of drug-likeness (QED) is 0.829. The minimum Gasteiger partial charge on any atom is -0.339 e. The fourth-order valence-corrected chi connectivity index (χ4v) is 3.13. The number of amides is 1. The number of halogens is 2. The van der Waals surface area contributed by atoms with Crippen LogP contribution in [0.2, 0.25) is 0 Å². The molecular weight excluding hydrogens is 361 g/mol. The molecule has 2 aromatic rings. The Labute approximate surface area is 160 Å². The van der Waals surface area contributed by atoms with E-state index in [2.05, 4.69) is 20.5 Å². The van der Waals surface area contributed by atoms with Gasteiger partial charge in [-0.25, -0.2) is 0 Å². The van der Waals surface area contributed by atoms with E-state index in [1.165, 1.54) is 6.42 Å². The molecule has 3 heterocycles. The standard InChI is InChI=1S/C17H23N5O.2ClH/c1-18-7-2-13-5-10-22(11-6-13)17(23)15-12-20-21-16(15)14-3-8-19-9-4-14;;/h3-4,8-9,12-13,18H,2,5-7,10-11H2,1H3,(H,20,21);2*1H. The number of pyridine rings is 1. The van der Waals surface area contributed by atoms with Gasteiger partial charge in [0.2, 0.25) is 0 Å². The Morgan fingerprint density at radius 1 is 1.28 bits per heavy atom. The topological polar surface area (TPSA) is 73.9 Å². The molecule has 25 heavy (non-hydrogen) atoms. The lowest BCUT2D eigenvalue weighted by Gasteiger charge is -2.32. The summed E-state index contributed by atoms with van der Waals surface area (Å²) in [6.07, 6.45) is 8.42. The molecular formula is C17H25Cl2N5O. The third-order valence-electron chi connectivity index (χ3n) is 4.54. The number of nitrogens with zero attached hydrogens (tertiary/aromatic N) is 3. The van der Waals surface area contributed by atoms with Crippen molar-refractivity contribution in [3.8, 4) is 11.3 Å². The number of rotatable bonds is 5. The second-order valence-corrected chi connectivity index (χ2v) is 6.02. The zero-order valence-electron chi connectivity index (χ0n) is 14.3. The van der Waals surface area contributed by atoms with Crippen molar-refractivity contribution in [2.24, 2.45) is 5.92 Å². The molecule has 0 spiro atoms. The van der Waals surface area contributed by atoms with Crippen LogP contribution in [0.3, 0.4) is 0 Å². The molecule has 1 saturated heterocycles. The van der Waals surface area contributed by atoms with E-state index in [1.54, 1.807) is 18.6 Å². The van der Waals surface area contributed by atoms with E-state index in [4.69, 9.17) is 0 Å². The van der Waals surface area contributed by atoms with Crippen molar-refractivity contribution in [3.63, 3.8) is 0 Å². The normalized spacial score (nSPS) is 14.5. The molecule has 6 nitrogen and oxygen atoms in total. The van der Waals surface area contributed by atoms with Gasteiger partial charge >= 0.3 is 0 Å². The number of piperidine rings is 1. The summed E-state index contributed by atoms with van der Waals surface area (Å²) in [6, 6.07) is 3.77. The summed E-state index contributed by atoms with van der Waals surface area (Å²) in [4.78, 5) is 18.8. The molecule has 2 N–H and O–H groups in total. The second-order valence-electron chi connectivity index (χ2n) is 6.02. The Balaban J connectivity index is 0.00000156. The molecule has 1 fully saturated rings. The summed E-state index contributed by atoms with van der Waals surface area (Å²) in [6.45, 7) is 2.70. The maximum atomic E-state index is 12.8. The first-order valence-corrected chi connectivity index (χ1v) is 8.17. The van der Waals surface area contributed by atoms with Gasteiger partial charge in [-0.2, -0.15) is 5.10 Å². The Morgan fingerprint density at radius 3 is 2.60 bits per heavy atom. The van der Waals surface area contributed by atoms with Gasteiger partial charge in [0.05, 0.1) is 17.5 Å². The summed E-state index contributed by atoms with van der Waals surface area (Å²) < 4.78 is 0. The molecule has 0 aromatic carbocycles. The Morgan fingerprint density at radius 2 is 1.96 bits per heavy atom. The molecule has 3 rings (SSSR count). The van der Waals surface area contributed by atoms with Crippen molar-refractivity contribution in [3.05, 3.63) is 36.3 Å². The van der Waals surface area contributed by atoms with Crippen LogP contribution in [0, 0.1) is 5.92 Å². The van der Waals surface area contributed by atoms with Crippen molar-refractivity contribution in [1.82, 2.24) is 25.4 Å². The van der Waals surface area contributed by atoms with Gasteiger partial charge in [0, 0.05) is 31.0 Å². The fraction of sp³-hybridized carbons (Fsp3) is 0.471. The molecule has 0 atom stereocenters. The molecule has 0 unspecified atom stereocenters. The molecule has 0 saturated carbocycles. The molecule has 0 aliphatic carbocycles.